The summed E-state index contributed by atoms with van der Waals surface area (Å²) in [6.07, 6.45) is 7.37. The molecule has 0 unspecified atom stereocenters. The third-order valence-corrected chi connectivity index (χ3v) is 7.91. The molecule has 23 heavy (non-hydrogen) atoms. The molecule has 0 spiro atoms. The number of fused-ring (bicyclic) bond motifs is 5. The molecule has 4 aliphatic carbocycles. The number of carbonyl (C=O) groups excluding carboxylic acids is 2. The number of carbonyl (C=O) groups is 2. The summed E-state index contributed by atoms with van der Waals surface area (Å²) in [5, 5.41) is 8.08. The zero-order chi connectivity index (χ0) is 16.6. The number of hydrogen-bond acceptors (Lipinski definition) is 3. The van der Waals surface area contributed by atoms with Gasteiger partial charge in [0.15, 0.2) is 5.78 Å². The molecule has 124 valence electrons. The quantitative estimate of drug-likeness (QED) is 0.736. The Kier molecular flexibility index (Phi) is 3.09. The highest BCUT2D eigenvalue weighted by atomic mass is 16.1. The lowest BCUT2D eigenvalue weighted by Gasteiger charge is -2.58. The van der Waals surface area contributed by atoms with Gasteiger partial charge in [0.1, 0.15) is 5.78 Å². The maximum absolute atomic E-state index is 12.5. The fourth-order valence-electron chi connectivity index (χ4n) is 6.71. The van der Waals surface area contributed by atoms with E-state index in [1.165, 1.54) is 5.57 Å². The summed E-state index contributed by atoms with van der Waals surface area (Å²) in [6, 6.07) is 0. The van der Waals surface area contributed by atoms with Crippen LogP contribution >= 0.6 is 0 Å². The summed E-state index contributed by atoms with van der Waals surface area (Å²) in [4.78, 5) is 24.5. The van der Waals surface area contributed by atoms with Crippen molar-refractivity contribution in [3.8, 4) is 0 Å². The van der Waals surface area contributed by atoms with E-state index < -0.39 is 0 Å². The van der Waals surface area contributed by atoms with E-state index in [2.05, 4.69) is 20.8 Å². The van der Waals surface area contributed by atoms with Gasteiger partial charge in [-0.1, -0.05) is 26.3 Å². The van der Waals surface area contributed by atoms with Crippen molar-refractivity contribution in [3.63, 3.8) is 0 Å². The fourth-order valence-corrected chi connectivity index (χ4v) is 6.71. The Morgan fingerprint density at radius 2 is 1.83 bits per heavy atom. The molecule has 3 heteroatoms. The van der Waals surface area contributed by atoms with Gasteiger partial charge in [0.2, 0.25) is 0 Å². The molecule has 0 saturated heterocycles. The molecule has 3 saturated carbocycles. The van der Waals surface area contributed by atoms with Gasteiger partial charge < -0.3 is 5.41 Å². The number of nitrogens with one attached hydrogen (secondary N) is 1. The number of allylic oxidation sites excluding steroid dienone is 1. The van der Waals surface area contributed by atoms with E-state index in [4.69, 9.17) is 5.41 Å². The van der Waals surface area contributed by atoms with E-state index in [9.17, 15) is 9.59 Å². The van der Waals surface area contributed by atoms with Crippen LogP contribution in [0.5, 0.6) is 0 Å². The summed E-state index contributed by atoms with van der Waals surface area (Å²) in [7, 11) is 0. The third kappa shape index (κ3) is 1.85. The van der Waals surface area contributed by atoms with Crippen LogP contribution in [0.25, 0.3) is 0 Å². The average Bonchev–Trinajstić information content (AvgIpc) is 2.78. The average molecular weight is 313 g/mol. The smallest absolute Gasteiger partial charge is 0.199 e. The lowest BCUT2D eigenvalue weighted by atomic mass is 9.45. The summed E-state index contributed by atoms with van der Waals surface area (Å²) < 4.78 is 0. The second-order valence-corrected chi connectivity index (χ2v) is 8.97. The summed E-state index contributed by atoms with van der Waals surface area (Å²) in [6.45, 7) is 6.73. The third-order valence-electron chi connectivity index (χ3n) is 7.91. The van der Waals surface area contributed by atoms with Crippen LogP contribution in [-0.2, 0) is 9.59 Å². The van der Waals surface area contributed by atoms with Crippen LogP contribution in [0.4, 0.5) is 0 Å². The van der Waals surface area contributed by atoms with Crippen LogP contribution in [0.15, 0.2) is 11.6 Å². The first-order valence-corrected chi connectivity index (χ1v) is 9.14. The van der Waals surface area contributed by atoms with Gasteiger partial charge in [-0.05, 0) is 60.8 Å². The van der Waals surface area contributed by atoms with E-state index in [1.54, 1.807) is 6.08 Å². The number of ketones is 2. The molecule has 4 rings (SSSR count). The fraction of sp³-hybridized carbons (Fsp3) is 0.750. The zero-order valence-electron chi connectivity index (χ0n) is 14.4. The van der Waals surface area contributed by atoms with Crippen LogP contribution in [0.2, 0.25) is 0 Å². The Bertz CT molecular complexity index is 648. The number of Topliss-reactive ketones (excluding diaryl/α,β-unsaturated/α-hetero) is 1. The van der Waals surface area contributed by atoms with Gasteiger partial charge >= 0.3 is 0 Å². The topological polar surface area (TPSA) is 58.0 Å². The van der Waals surface area contributed by atoms with Gasteiger partial charge in [0.05, 0.1) is 5.71 Å². The van der Waals surface area contributed by atoms with Crippen LogP contribution in [0.3, 0.4) is 0 Å². The number of hydrogen-bond donors (Lipinski definition) is 1. The van der Waals surface area contributed by atoms with Gasteiger partial charge in [-0.2, -0.15) is 0 Å². The standard InChI is InChI=1S/C20H27NO2/c1-11-8-12-13-4-5-18(23)19(13,2)7-6-14(12)20(3)10-16(21)17(22)9-15(11)20/h9,11-14,21H,4-8,10H2,1-3H3/t11-,12+,13+,14+,19+,20-/m1/s1. The molecular weight excluding hydrogens is 286 g/mol. The molecule has 1 N–H and O–H groups in total. The molecule has 3 fully saturated rings. The number of rotatable bonds is 0. The lowest BCUT2D eigenvalue weighted by molar-refractivity contribution is -0.132. The minimum atomic E-state index is -0.101. The van der Waals surface area contributed by atoms with E-state index in [-0.39, 0.29) is 22.3 Å². The summed E-state index contributed by atoms with van der Waals surface area (Å²) in [5.74, 6) is 2.42. The van der Waals surface area contributed by atoms with Crippen LogP contribution in [0, 0.1) is 39.9 Å². The molecule has 0 aromatic carbocycles. The van der Waals surface area contributed by atoms with Gasteiger partial charge in [-0.3, -0.25) is 9.59 Å². The summed E-state index contributed by atoms with van der Waals surface area (Å²) in [5.41, 5.74) is 1.42. The Labute approximate surface area is 138 Å². The molecule has 0 aliphatic heterocycles. The molecule has 0 aromatic rings. The maximum Gasteiger partial charge on any atom is 0.199 e. The van der Waals surface area contributed by atoms with Gasteiger partial charge in [-0.15, -0.1) is 0 Å². The van der Waals surface area contributed by atoms with Crippen LogP contribution in [0.1, 0.15) is 59.3 Å². The van der Waals surface area contributed by atoms with Gasteiger partial charge in [0.25, 0.3) is 0 Å². The maximum atomic E-state index is 12.5. The Morgan fingerprint density at radius 3 is 2.57 bits per heavy atom. The van der Waals surface area contributed by atoms with E-state index in [0.29, 0.717) is 35.9 Å². The summed E-state index contributed by atoms with van der Waals surface area (Å²) >= 11 is 0. The molecule has 4 aliphatic rings. The Morgan fingerprint density at radius 1 is 1.13 bits per heavy atom. The predicted molar refractivity (Wildman–Crippen MR) is 89.4 cm³/mol. The van der Waals surface area contributed by atoms with Gasteiger partial charge in [-0.25, -0.2) is 0 Å². The highest BCUT2D eigenvalue weighted by molar-refractivity contribution is 6.43. The van der Waals surface area contributed by atoms with E-state index in [0.717, 1.165) is 32.1 Å². The second-order valence-electron chi connectivity index (χ2n) is 8.97. The molecule has 6 atom stereocenters. The molecule has 0 radical (unpaired) electrons. The molecule has 0 aromatic heterocycles. The first-order valence-electron chi connectivity index (χ1n) is 9.14. The van der Waals surface area contributed by atoms with Gasteiger partial charge in [0, 0.05) is 18.3 Å². The van der Waals surface area contributed by atoms with E-state index >= 15 is 0 Å². The molecule has 0 amide bonds. The molecule has 0 heterocycles. The van der Waals surface area contributed by atoms with Crippen LogP contribution < -0.4 is 0 Å². The largest absolute Gasteiger partial charge is 0.301 e. The van der Waals surface area contributed by atoms with Crippen molar-refractivity contribution >= 4 is 17.3 Å². The zero-order valence-corrected chi connectivity index (χ0v) is 14.4. The normalized spacial score (nSPS) is 49.3. The predicted octanol–water partition coefficient (Wildman–Crippen LogP) is 3.96. The highest BCUT2D eigenvalue weighted by Crippen LogP contribution is 2.65. The Balaban J connectivity index is 1.77. The van der Waals surface area contributed by atoms with Crippen LogP contribution in [-0.4, -0.2) is 17.3 Å². The van der Waals surface area contributed by atoms with Crippen molar-refractivity contribution in [1.29, 1.82) is 5.41 Å². The SMILES string of the molecule is C[C@@H]1C[C@@H]2[C@H](CC[C@]3(C)C(=O)CC[C@@H]23)[C@@]2(C)CC(=N)C(=O)C=C12. The molecule has 0 bridgehead atoms. The van der Waals surface area contributed by atoms with Crippen molar-refractivity contribution in [3.05, 3.63) is 11.6 Å². The minimum Gasteiger partial charge on any atom is -0.301 e. The van der Waals surface area contributed by atoms with Crippen molar-refractivity contribution in [2.45, 2.75) is 59.3 Å². The highest BCUT2D eigenvalue weighted by Gasteiger charge is 2.60. The Hall–Kier alpha value is -1.25. The van der Waals surface area contributed by atoms with Crippen molar-refractivity contribution < 1.29 is 9.59 Å². The monoisotopic (exact) mass is 313 g/mol. The second kappa shape index (κ2) is 4.64. The van der Waals surface area contributed by atoms with Crippen molar-refractivity contribution in [2.75, 3.05) is 0 Å². The minimum absolute atomic E-state index is 0.0414. The van der Waals surface area contributed by atoms with E-state index in [1.807, 2.05) is 0 Å². The molecule has 3 nitrogen and oxygen atoms in total. The van der Waals surface area contributed by atoms with Crippen molar-refractivity contribution in [1.82, 2.24) is 0 Å². The first-order chi connectivity index (χ1) is 10.8. The first kappa shape index (κ1) is 15.3. The molecular formula is C20H27NO2. The van der Waals surface area contributed by atoms with Crippen molar-refractivity contribution in [2.24, 2.45) is 34.5 Å². The lowest BCUT2D eigenvalue weighted by Crippen LogP contribution is -2.53.